The molecule has 0 bridgehead atoms. The van der Waals surface area contributed by atoms with Gasteiger partial charge < -0.3 is 5.11 Å². The minimum Gasteiger partial charge on any atom is -0.501 e. The summed E-state index contributed by atoms with van der Waals surface area (Å²) in [7, 11) is 0. The molecule has 1 aromatic carbocycles. The van der Waals surface area contributed by atoms with Crippen LogP contribution in [0.15, 0.2) is 12.1 Å². The molecule has 0 aliphatic carbocycles. The summed E-state index contributed by atoms with van der Waals surface area (Å²) in [5, 5.41) is 19.6. The predicted molar refractivity (Wildman–Crippen MR) is 60.2 cm³/mol. The first kappa shape index (κ1) is 9.96. The number of nitrogens with zero attached hydrogens (tertiary/aromatic N) is 1. The lowest BCUT2D eigenvalue weighted by Crippen LogP contribution is -1.91. The molecule has 0 aliphatic heterocycles. The molecule has 0 unspecified atom stereocenters. The summed E-state index contributed by atoms with van der Waals surface area (Å²) in [4.78, 5) is 9.77. The van der Waals surface area contributed by atoms with Crippen molar-refractivity contribution in [3.8, 4) is 5.75 Å². The van der Waals surface area contributed by atoms with Crippen LogP contribution in [0.4, 0.5) is 5.69 Å². The first-order valence-corrected chi connectivity index (χ1v) is 5.00. The lowest BCUT2D eigenvalue weighted by Gasteiger charge is -1.98. The molecule has 64 valence electrons. The van der Waals surface area contributed by atoms with Gasteiger partial charge in [-0.2, -0.15) is 0 Å². The second-order valence-electron chi connectivity index (χ2n) is 2.01. The Morgan fingerprint density at radius 3 is 2.50 bits per heavy atom. The van der Waals surface area contributed by atoms with E-state index in [-0.39, 0.29) is 11.4 Å². The van der Waals surface area contributed by atoms with Gasteiger partial charge in [0, 0.05) is 9.64 Å². The van der Waals surface area contributed by atoms with Crippen LogP contribution in [0.1, 0.15) is 0 Å². The Morgan fingerprint density at radius 2 is 2.00 bits per heavy atom. The van der Waals surface area contributed by atoms with E-state index in [1.165, 1.54) is 6.07 Å². The average molecular weight is 391 g/mol. The first-order valence-electron chi connectivity index (χ1n) is 2.85. The topological polar surface area (TPSA) is 63.4 Å². The van der Waals surface area contributed by atoms with Crippen LogP contribution >= 0.6 is 45.2 Å². The number of benzene rings is 1. The quantitative estimate of drug-likeness (QED) is 0.455. The molecule has 6 heteroatoms. The maximum atomic E-state index is 10.4. The fourth-order valence-electron chi connectivity index (χ4n) is 0.692. The fourth-order valence-corrected chi connectivity index (χ4v) is 2.51. The number of hydrogen-bond donors (Lipinski definition) is 1. The van der Waals surface area contributed by atoms with E-state index in [0.29, 0.717) is 3.57 Å². The maximum Gasteiger partial charge on any atom is 0.312 e. The second-order valence-corrected chi connectivity index (χ2v) is 4.42. The van der Waals surface area contributed by atoms with Crippen molar-refractivity contribution in [2.45, 2.75) is 0 Å². The number of nitro benzene ring substituents is 1. The largest absolute Gasteiger partial charge is 0.501 e. The lowest BCUT2D eigenvalue weighted by molar-refractivity contribution is -0.386. The Morgan fingerprint density at radius 1 is 1.42 bits per heavy atom. The van der Waals surface area contributed by atoms with Crippen LogP contribution in [0.25, 0.3) is 0 Å². The summed E-state index contributed by atoms with van der Waals surface area (Å²) >= 11 is 3.81. The van der Waals surface area contributed by atoms with Gasteiger partial charge in [-0.05, 0) is 51.2 Å². The van der Waals surface area contributed by atoms with Crippen molar-refractivity contribution in [1.29, 1.82) is 0 Å². The van der Waals surface area contributed by atoms with Crippen LogP contribution in [0.3, 0.4) is 0 Å². The highest BCUT2D eigenvalue weighted by Crippen LogP contribution is 2.32. The Balaban J connectivity index is 3.37. The predicted octanol–water partition coefficient (Wildman–Crippen LogP) is 2.51. The van der Waals surface area contributed by atoms with Crippen molar-refractivity contribution in [3.63, 3.8) is 0 Å². The average Bonchev–Trinajstić information content (AvgIpc) is 1.96. The molecule has 4 nitrogen and oxygen atoms in total. The summed E-state index contributed by atoms with van der Waals surface area (Å²) in [5.74, 6) is -0.263. The number of halogens is 2. The highest BCUT2D eigenvalue weighted by Gasteiger charge is 2.16. The van der Waals surface area contributed by atoms with Crippen LogP contribution in [-0.4, -0.2) is 10.0 Å². The SMILES string of the molecule is O=[N+]([O-])c1cc(I)cc(I)c1O. The normalized spacial score (nSPS) is 9.83. The zero-order chi connectivity index (χ0) is 9.30. The van der Waals surface area contributed by atoms with Gasteiger partial charge in [-0.3, -0.25) is 10.1 Å². The molecule has 0 fully saturated rings. The van der Waals surface area contributed by atoms with Gasteiger partial charge in [0.25, 0.3) is 0 Å². The number of phenolic OH excluding ortho intramolecular Hbond substituents is 1. The van der Waals surface area contributed by atoms with Crippen LogP contribution < -0.4 is 0 Å². The number of hydrogen-bond acceptors (Lipinski definition) is 3. The molecule has 12 heavy (non-hydrogen) atoms. The van der Waals surface area contributed by atoms with Crippen molar-refractivity contribution >= 4 is 50.9 Å². The standard InChI is InChI=1S/C6H3I2NO3/c7-3-1-4(8)6(10)5(2-3)9(11)12/h1-2,10H. The Kier molecular flexibility index (Phi) is 3.09. The highest BCUT2D eigenvalue weighted by molar-refractivity contribution is 14.1. The molecule has 1 N–H and O–H groups in total. The van der Waals surface area contributed by atoms with E-state index < -0.39 is 4.92 Å². The molecule has 1 aromatic rings. The van der Waals surface area contributed by atoms with Crippen LogP contribution in [0.5, 0.6) is 5.75 Å². The van der Waals surface area contributed by atoms with Crippen molar-refractivity contribution in [2.75, 3.05) is 0 Å². The van der Waals surface area contributed by atoms with E-state index in [9.17, 15) is 15.2 Å². The molecule has 0 atom stereocenters. The number of nitro groups is 1. The van der Waals surface area contributed by atoms with E-state index in [4.69, 9.17) is 0 Å². The van der Waals surface area contributed by atoms with Gasteiger partial charge in [0.1, 0.15) is 0 Å². The third kappa shape index (κ3) is 1.97. The van der Waals surface area contributed by atoms with E-state index in [1.807, 2.05) is 45.2 Å². The molecule has 0 spiro atoms. The summed E-state index contributed by atoms with van der Waals surface area (Å²) in [6.45, 7) is 0. The van der Waals surface area contributed by atoms with Gasteiger partial charge >= 0.3 is 5.69 Å². The van der Waals surface area contributed by atoms with Gasteiger partial charge in [-0.25, -0.2) is 0 Å². The second kappa shape index (κ2) is 3.73. The van der Waals surface area contributed by atoms with E-state index in [0.717, 1.165) is 3.57 Å². The third-order valence-electron chi connectivity index (χ3n) is 1.20. The number of aromatic hydroxyl groups is 1. The van der Waals surface area contributed by atoms with E-state index in [1.54, 1.807) is 6.07 Å². The summed E-state index contributed by atoms with van der Waals surface area (Å²) in [6, 6.07) is 3.00. The van der Waals surface area contributed by atoms with E-state index in [2.05, 4.69) is 0 Å². The van der Waals surface area contributed by atoms with Crippen LogP contribution in [0.2, 0.25) is 0 Å². The molecule has 0 radical (unpaired) electrons. The monoisotopic (exact) mass is 391 g/mol. The van der Waals surface area contributed by atoms with Gasteiger partial charge in [0.2, 0.25) is 5.75 Å². The minimum atomic E-state index is -0.598. The smallest absolute Gasteiger partial charge is 0.312 e. The zero-order valence-corrected chi connectivity index (χ0v) is 9.94. The van der Waals surface area contributed by atoms with Crippen molar-refractivity contribution < 1.29 is 10.0 Å². The molecule has 0 aromatic heterocycles. The molecular weight excluding hydrogens is 388 g/mol. The Bertz CT molecular complexity index is 340. The number of phenols is 1. The van der Waals surface area contributed by atoms with Crippen molar-refractivity contribution in [1.82, 2.24) is 0 Å². The molecule has 1 rings (SSSR count). The zero-order valence-electron chi connectivity index (χ0n) is 5.62. The summed E-state index contributed by atoms with van der Waals surface area (Å²) < 4.78 is 1.23. The molecule has 0 saturated carbocycles. The van der Waals surface area contributed by atoms with Crippen LogP contribution in [-0.2, 0) is 0 Å². The van der Waals surface area contributed by atoms with Crippen molar-refractivity contribution in [3.05, 3.63) is 29.4 Å². The first-order chi connectivity index (χ1) is 5.52. The highest BCUT2D eigenvalue weighted by atomic mass is 127. The lowest BCUT2D eigenvalue weighted by atomic mass is 10.3. The minimum absolute atomic E-state index is 0.244. The molecular formula is C6H3I2NO3. The summed E-state index contributed by atoms with van der Waals surface area (Å²) in [5.41, 5.74) is -0.244. The van der Waals surface area contributed by atoms with Gasteiger partial charge in [-0.15, -0.1) is 0 Å². The molecule has 0 amide bonds. The Labute approximate surface area is 95.4 Å². The van der Waals surface area contributed by atoms with Gasteiger partial charge in [0.05, 0.1) is 8.49 Å². The number of rotatable bonds is 1. The molecule has 0 saturated heterocycles. The van der Waals surface area contributed by atoms with Crippen LogP contribution in [0, 0.1) is 17.3 Å². The van der Waals surface area contributed by atoms with Gasteiger partial charge in [-0.1, -0.05) is 0 Å². The molecule has 0 aliphatic rings. The van der Waals surface area contributed by atoms with E-state index >= 15 is 0 Å². The van der Waals surface area contributed by atoms with Crippen molar-refractivity contribution in [2.24, 2.45) is 0 Å². The fraction of sp³-hybridized carbons (Fsp3) is 0. The Hall–Kier alpha value is -0.120. The maximum absolute atomic E-state index is 10.4. The van der Waals surface area contributed by atoms with Gasteiger partial charge in [0.15, 0.2) is 0 Å². The molecule has 0 heterocycles. The third-order valence-corrected chi connectivity index (χ3v) is 2.65. The summed E-state index contributed by atoms with van der Waals surface area (Å²) in [6.07, 6.45) is 0.